The molecule has 0 aromatic carbocycles. The molecule has 0 unspecified atom stereocenters. The number of rotatable bonds is 2. The number of thiophene rings is 1. The van der Waals surface area contributed by atoms with E-state index in [1.54, 1.807) is 12.4 Å². The summed E-state index contributed by atoms with van der Waals surface area (Å²) in [5, 5.41) is 14.1. The van der Waals surface area contributed by atoms with Crippen molar-refractivity contribution in [1.82, 2.24) is 4.98 Å². The molecule has 0 bridgehead atoms. The molecule has 0 saturated carbocycles. The summed E-state index contributed by atoms with van der Waals surface area (Å²) in [6, 6.07) is 7.50. The van der Waals surface area contributed by atoms with Crippen molar-refractivity contribution in [1.29, 1.82) is 0 Å². The minimum Gasteiger partial charge on any atom is -0.410 e. The summed E-state index contributed by atoms with van der Waals surface area (Å²) in [6.07, 6.45) is 3.36. The first-order valence-corrected chi connectivity index (χ1v) is 4.96. The predicted molar refractivity (Wildman–Crippen MR) is 56.0 cm³/mol. The Hall–Kier alpha value is -1.68. The summed E-state index contributed by atoms with van der Waals surface area (Å²) < 4.78 is 0. The monoisotopic (exact) mass is 204 g/mol. The fraction of sp³-hybridized carbons (Fsp3) is 0. The zero-order valence-electron chi connectivity index (χ0n) is 7.29. The van der Waals surface area contributed by atoms with Crippen LogP contribution in [0, 0.1) is 0 Å². The van der Waals surface area contributed by atoms with Crippen LogP contribution in [0.5, 0.6) is 0 Å². The lowest BCUT2D eigenvalue weighted by atomic mass is 10.1. The first-order valence-electron chi connectivity index (χ1n) is 4.08. The van der Waals surface area contributed by atoms with Crippen molar-refractivity contribution >= 4 is 17.0 Å². The molecule has 0 aliphatic carbocycles. The predicted octanol–water partition coefficient (Wildman–Crippen LogP) is 2.37. The second-order valence-electron chi connectivity index (χ2n) is 2.67. The zero-order chi connectivity index (χ0) is 9.80. The summed E-state index contributed by atoms with van der Waals surface area (Å²) >= 11 is 1.53. The van der Waals surface area contributed by atoms with Crippen molar-refractivity contribution in [2.45, 2.75) is 0 Å². The minimum absolute atomic E-state index is 0.563. The molecule has 0 fully saturated rings. The van der Waals surface area contributed by atoms with Crippen molar-refractivity contribution < 1.29 is 5.21 Å². The average molecular weight is 204 g/mol. The van der Waals surface area contributed by atoms with E-state index in [1.165, 1.54) is 11.3 Å². The van der Waals surface area contributed by atoms with Gasteiger partial charge in [0.1, 0.15) is 5.71 Å². The summed E-state index contributed by atoms with van der Waals surface area (Å²) in [6.45, 7) is 0. The van der Waals surface area contributed by atoms with Gasteiger partial charge in [0.25, 0.3) is 0 Å². The van der Waals surface area contributed by atoms with Crippen LogP contribution >= 0.6 is 11.3 Å². The molecule has 0 aliphatic rings. The van der Waals surface area contributed by atoms with Gasteiger partial charge in [0.2, 0.25) is 0 Å². The van der Waals surface area contributed by atoms with Crippen LogP contribution in [0.3, 0.4) is 0 Å². The Balaban J connectivity index is 2.43. The lowest BCUT2D eigenvalue weighted by Gasteiger charge is -1.99. The second kappa shape index (κ2) is 4.02. The highest BCUT2D eigenvalue weighted by Crippen LogP contribution is 2.14. The van der Waals surface area contributed by atoms with Gasteiger partial charge in [-0.1, -0.05) is 11.2 Å². The Morgan fingerprint density at radius 1 is 1.36 bits per heavy atom. The topological polar surface area (TPSA) is 45.5 Å². The summed E-state index contributed by atoms with van der Waals surface area (Å²) in [4.78, 5) is 4.91. The Morgan fingerprint density at radius 3 is 2.86 bits per heavy atom. The van der Waals surface area contributed by atoms with Gasteiger partial charge < -0.3 is 5.21 Å². The van der Waals surface area contributed by atoms with Gasteiger partial charge >= 0.3 is 0 Å². The molecule has 0 atom stereocenters. The van der Waals surface area contributed by atoms with Gasteiger partial charge in [-0.25, -0.2) is 0 Å². The molecule has 70 valence electrons. The quantitative estimate of drug-likeness (QED) is 0.463. The van der Waals surface area contributed by atoms with E-state index in [9.17, 15) is 0 Å². The molecule has 2 heterocycles. The van der Waals surface area contributed by atoms with Crippen LogP contribution in [-0.4, -0.2) is 15.9 Å². The normalized spacial score (nSPS) is 11.6. The zero-order valence-corrected chi connectivity index (χ0v) is 8.11. The average Bonchev–Trinajstić information content (AvgIpc) is 2.74. The Bertz CT molecular complexity index is 423. The lowest BCUT2D eigenvalue weighted by molar-refractivity contribution is 0.320. The molecule has 1 N–H and O–H groups in total. The highest BCUT2D eigenvalue weighted by molar-refractivity contribution is 7.12. The fourth-order valence-electron chi connectivity index (χ4n) is 1.17. The highest BCUT2D eigenvalue weighted by atomic mass is 32.1. The van der Waals surface area contributed by atoms with E-state index < -0.39 is 0 Å². The third-order valence-electron chi connectivity index (χ3n) is 1.79. The molecule has 2 rings (SSSR count). The molecule has 2 aromatic rings. The molecular weight excluding hydrogens is 196 g/mol. The minimum atomic E-state index is 0.563. The highest BCUT2D eigenvalue weighted by Gasteiger charge is 2.07. The van der Waals surface area contributed by atoms with E-state index >= 15 is 0 Å². The third-order valence-corrected chi connectivity index (χ3v) is 2.67. The molecule has 4 heteroatoms. The van der Waals surface area contributed by atoms with Crippen molar-refractivity contribution in [2.75, 3.05) is 0 Å². The van der Waals surface area contributed by atoms with Crippen molar-refractivity contribution in [3.05, 3.63) is 52.5 Å². The summed E-state index contributed by atoms with van der Waals surface area (Å²) in [5.74, 6) is 0. The summed E-state index contributed by atoms with van der Waals surface area (Å²) in [7, 11) is 0. The Labute approximate surface area is 85.4 Å². The number of nitrogens with zero attached hydrogens (tertiary/aromatic N) is 2. The van der Waals surface area contributed by atoms with Crippen molar-refractivity contribution in [2.24, 2.45) is 5.16 Å². The van der Waals surface area contributed by atoms with Gasteiger partial charge in [-0.15, -0.1) is 11.3 Å². The van der Waals surface area contributed by atoms with Gasteiger partial charge in [-0.3, -0.25) is 4.98 Å². The van der Waals surface area contributed by atoms with Crippen LogP contribution in [0.4, 0.5) is 0 Å². The first-order chi connectivity index (χ1) is 6.92. The van der Waals surface area contributed by atoms with E-state index in [0.717, 1.165) is 10.4 Å². The Morgan fingerprint density at radius 2 is 2.29 bits per heavy atom. The second-order valence-corrected chi connectivity index (χ2v) is 3.62. The van der Waals surface area contributed by atoms with Crippen LogP contribution in [0.15, 0.2) is 47.2 Å². The van der Waals surface area contributed by atoms with Gasteiger partial charge in [0.05, 0.1) is 4.88 Å². The number of hydrogen-bond donors (Lipinski definition) is 1. The molecule has 0 radical (unpaired) electrons. The van der Waals surface area contributed by atoms with E-state index in [0.29, 0.717) is 5.71 Å². The largest absolute Gasteiger partial charge is 0.410 e. The van der Waals surface area contributed by atoms with Crippen LogP contribution in [0.1, 0.15) is 10.4 Å². The van der Waals surface area contributed by atoms with E-state index in [1.807, 2.05) is 29.6 Å². The van der Waals surface area contributed by atoms with E-state index in [2.05, 4.69) is 10.1 Å². The number of hydrogen-bond acceptors (Lipinski definition) is 4. The van der Waals surface area contributed by atoms with Crippen LogP contribution in [0.25, 0.3) is 0 Å². The van der Waals surface area contributed by atoms with Gasteiger partial charge in [0, 0.05) is 18.0 Å². The fourth-order valence-corrected chi connectivity index (χ4v) is 1.90. The molecule has 0 saturated heterocycles. The number of pyridine rings is 1. The SMILES string of the molecule is O/N=C(/c1cccnc1)c1cccs1. The standard InChI is InChI=1S/C10H8N2OS/c13-12-10(9-4-2-6-14-9)8-3-1-5-11-7-8/h1-7,13H/b12-10-. The molecule has 0 aliphatic heterocycles. The van der Waals surface area contributed by atoms with Crippen molar-refractivity contribution in [3.63, 3.8) is 0 Å². The first kappa shape index (κ1) is 8.90. The molecule has 3 nitrogen and oxygen atoms in total. The maximum Gasteiger partial charge on any atom is 0.128 e. The molecule has 0 amide bonds. The number of oxime groups is 1. The molecular formula is C10H8N2OS. The molecule has 14 heavy (non-hydrogen) atoms. The van der Waals surface area contributed by atoms with Gasteiger partial charge in [0.15, 0.2) is 0 Å². The van der Waals surface area contributed by atoms with Crippen LogP contribution < -0.4 is 0 Å². The smallest absolute Gasteiger partial charge is 0.128 e. The van der Waals surface area contributed by atoms with Crippen LogP contribution in [-0.2, 0) is 0 Å². The molecule has 0 spiro atoms. The lowest BCUT2D eigenvalue weighted by Crippen LogP contribution is -2.00. The maximum atomic E-state index is 8.92. The van der Waals surface area contributed by atoms with Gasteiger partial charge in [-0.05, 0) is 23.6 Å². The third kappa shape index (κ3) is 1.65. The van der Waals surface area contributed by atoms with E-state index in [-0.39, 0.29) is 0 Å². The van der Waals surface area contributed by atoms with Crippen molar-refractivity contribution in [3.8, 4) is 0 Å². The summed E-state index contributed by atoms with van der Waals surface area (Å²) in [5.41, 5.74) is 1.38. The van der Waals surface area contributed by atoms with Crippen LogP contribution in [0.2, 0.25) is 0 Å². The van der Waals surface area contributed by atoms with E-state index in [4.69, 9.17) is 5.21 Å². The maximum absolute atomic E-state index is 8.92. The van der Waals surface area contributed by atoms with Gasteiger partial charge in [-0.2, -0.15) is 0 Å². The Kier molecular flexibility index (Phi) is 2.55. The number of aromatic nitrogens is 1. The molecule has 2 aromatic heterocycles.